The predicted molar refractivity (Wildman–Crippen MR) is 76.1 cm³/mol. The van der Waals surface area contributed by atoms with Crippen LogP contribution in [0.3, 0.4) is 0 Å². The van der Waals surface area contributed by atoms with Gasteiger partial charge in [0.2, 0.25) is 10.0 Å². The maximum atomic E-state index is 12.8. The standard InChI is InChI=1S/C14H21NO4S/c1-10-6-11(2)15(8-10)20(17,18)14-7-12(9-16)4-5-13(14)19-3/h4-5,7,10-11,16H,6,8-9H2,1-3H3. The molecule has 2 atom stereocenters. The fourth-order valence-corrected chi connectivity index (χ4v) is 4.71. The highest BCUT2D eigenvalue weighted by Crippen LogP contribution is 2.33. The average molecular weight is 299 g/mol. The van der Waals surface area contributed by atoms with Crippen LogP contribution in [0.2, 0.25) is 0 Å². The number of sulfonamides is 1. The van der Waals surface area contributed by atoms with E-state index in [4.69, 9.17) is 4.74 Å². The van der Waals surface area contributed by atoms with E-state index in [9.17, 15) is 13.5 Å². The number of hydrogen-bond donors (Lipinski definition) is 1. The van der Waals surface area contributed by atoms with Gasteiger partial charge in [-0.25, -0.2) is 8.42 Å². The van der Waals surface area contributed by atoms with E-state index in [1.807, 2.05) is 13.8 Å². The molecular weight excluding hydrogens is 278 g/mol. The lowest BCUT2D eigenvalue weighted by molar-refractivity contribution is 0.281. The topological polar surface area (TPSA) is 66.8 Å². The Morgan fingerprint density at radius 1 is 1.40 bits per heavy atom. The zero-order valence-corrected chi connectivity index (χ0v) is 12.9. The van der Waals surface area contributed by atoms with Crippen LogP contribution in [0, 0.1) is 5.92 Å². The van der Waals surface area contributed by atoms with Gasteiger partial charge in [-0.15, -0.1) is 0 Å². The molecule has 5 nitrogen and oxygen atoms in total. The third-order valence-corrected chi connectivity index (χ3v) is 5.73. The van der Waals surface area contributed by atoms with Crippen LogP contribution in [0.1, 0.15) is 25.8 Å². The van der Waals surface area contributed by atoms with Crippen LogP contribution < -0.4 is 4.74 Å². The van der Waals surface area contributed by atoms with Crippen LogP contribution in [0.5, 0.6) is 5.75 Å². The molecule has 1 aliphatic heterocycles. The van der Waals surface area contributed by atoms with E-state index in [0.29, 0.717) is 23.8 Å². The van der Waals surface area contributed by atoms with Crippen molar-refractivity contribution in [3.8, 4) is 5.75 Å². The summed E-state index contributed by atoms with van der Waals surface area (Å²) in [5.74, 6) is 0.667. The van der Waals surface area contributed by atoms with Crippen molar-refractivity contribution in [2.24, 2.45) is 5.92 Å². The van der Waals surface area contributed by atoms with Crippen molar-refractivity contribution in [3.63, 3.8) is 0 Å². The monoisotopic (exact) mass is 299 g/mol. The Balaban J connectivity index is 2.48. The Kier molecular flexibility index (Phi) is 4.36. The predicted octanol–water partition coefficient (Wildman–Crippen LogP) is 1.61. The van der Waals surface area contributed by atoms with E-state index in [2.05, 4.69) is 0 Å². The van der Waals surface area contributed by atoms with Gasteiger partial charge in [-0.2, -0.15) is 4.31 Å². The number of rotatable bonds is 4. The summed E-state index contributed by atoms with van der Waals surface area (Å²) in [5, 5.41) is 9.20. The lowest BCUT2D eigenvalue weighted by Crippen LogP contribution is -2.34. The summed E-state index contributed by atoms with van der Waals surface area (Å²) in [7, 11) is -2.15. The second kappa shape index (κ2) is 5.71. The quantitative estimate of drug-likeness (QED) is 0.917. The smallest absolute Gasteiger partial charge is 0.247 e. The SMILES string of the molecule is COc1ccc(CO)cc1S(=O)(=O)N1CC(C)CC1C. The van der Waals surface area contributed by atoms with E-state index in [1.54, 1.807) is 12.1 Å². The van der Waals surface area contributed by atoms with Gasteiger partial charge in [-0.3, -0.25) is 0 Å². The molecule has 1 aromatic carbocycles. The molecule has 20 heavy (non-hydrogen) atoms. The number of benzene rings is 1. The van der Waals surface area contributed by atoms with Crippen LogP contribution in [0.4, 0.5) is 0 Å². The molecule has 0 spiro atoms. The van der Waals surface area contributed by atoms with Gasteiger partial charge < -0.3 is 9.84 Å². The molecule has 0 saturated carbocycles. The molecule has 1 aromatic rings. The molecule has 0 aliphatic carbocycles. The minimum atomic E-state index is -3.60. The van der Waals surface area contributed by atoms with Gasteiger partial charge in [0.1, 0.15) is 10.6 Å². The van der Waals surface area contributed by atoms with Crippen molar-refractivity contribution in [2.75, 3.05) is 13.7 Å². The number of aliphatic hydroxyl groups is 1. The van der Waals surface area contributed by atoms with E-state index >= 15 is 0 Å². The number of ether oxygens (including phenoxy) is 1. The largest absolute Gasteiger partial charge is 0.495 e. The molecule has 1 N–H and O–H groups in total. The maximum Gasteiger partial charge on any atom is 0.247 e. The molecule has 1 fully saturated rings. The molecule has 1 heterocycles. The molecule has 0 amide bonds. The normalized spacial score (nSPS) is 24.0. The van der Waals surface area contributed by atoms with E-state index in [-0.39, 0.29) is 17.5 Å². The number of hydrogen-bond acceptors (Lipinski definition) is 4. The first-order valence-corrected chi connectivity index (χ1v) is 8.13. The first-order valence-electron chi connectivity index (χ1n) is 6.69. The van der Waals surface area contributed by atoms with Crippen LogP contribution in [-0.2, 0) is 16.6 Å². The Hall–Kier alpha value is -1.11. The van der Waals surface area contributed by atoms with Gasteiger partial charge in [0.05, 0.1) is 13.7 Å². The summed E-state index contributed by atoms with van der Waals surface area (Å²) < 4.78 is 32.3. The van der Waals surface area contributed by atoms with Crippen LogP contribution >= 0.6 is 0 Å². The molecule has 2 rings (SSSR count). The molecule has 6 heteroatoms. The summed E-state index contributed by atoms with van der Waals surface area (Å²) in [6.07, 6.45) is 0.862. The average Bonchev–Trinajstić information content (AvgIpc) is 2.77. The fraction of sp³-hybridized carbons (Fsp3) is 0.571. The highest BCUT2D eigenvalue weighted by Gasteiger charge is 2.37. The fourth-order valence-electron chi connectivity index (χ4n) is 2.74. The minimum absolute atomic E-state index is 0.0162. The first kappa shape index (κ1) is 15.3. The van der Waals surface area contributed by atoms with E-state index in [1.165, 1.54) is 17.5 Å². The molecule has 2 unspecified atom stereocenters. The Morgan fingerprint density at radius 2 is 2.10 bits per heavy atom. The molecule has 0 aromatic heterocycles. The Bertz CT molecular complexity index is 585. The molecule has 112 valence electrons. The second-order valence-electron chi connectivity index (χ2n) is 5.41. The van der Waals surface area contributed by atoms with Crippen LogP contribution in [0.15, 0.2) is 23.1 Å². The number of aliphatic hydroxyl groups excluding tert-OH is 1. The zero-order valence-electron chi connectivity index (χ0n) is 12.0. The first-order chi connectivity index (χ1) is 9.40. The van der Waals surface area contributed by atoms with Crippen molar-refractivity contribution >= 4 is 10.0 Å². The third-order valence-electron chi connectivity index (χ3n) is 3.72. The van der Waals surface area contributed by atoms with Gasteiger partial charge >= 0.3 is 0 Å². The molecular formula is C14H21NO4S. The lowest BCUT2D eigenvalue weighted by Gasteiger charge is -2.22. The molecule has 0 bridgehead atoms. The van der Waals surface area contributed by atoms with Crippen molar-refractivity contribution in [1.29, 1.82) is 0 Å². The van der Waals surface area contributed by atoms with Gasteiger partial charge in [0, 0.05) is 12.6 Å². The second-order valence-corrected chi connectivity index (χ2v) is 7.27. The van der Waals surface area contributed by atoms with Crippen molar-refractivity contribution < 1.29 is 18.3 Å². The Labute approximate surface area is 120 Å². The summed E-state index contributed by atoms with van der Waals surface area (Å²) in [4.78, 5) is 0.132. The van der Waals surface area contributed by atoms with Crippen LogP contribution in [0.25, 0.3) is 0 Å². The van der Waals surface area contributed by atoms with Gasteiger partial charge in [-0.05, 0) is 37.0 Å². The van der Waals surface area contributed by atoms with E-state index < -0.39 is 10.0 Å². The van der Waals surface area contributed by atoms with E-state index in [0.717, 1.165) is 6.42 Å². The molecule has 1 saturated heterocycles. The molecule has 0 radical (unpaired) electrons. The third kappa shape index (κ3) is 2.68. The van der Waals surface area contributed by atoms with Gasteiger partial charge in [0.15, 0.2) is 0 Å². The highest BCUT2D eigenvalue weighted by molar-refractivity contribution is 7.89. The Morgan fingerprint density at radius 3 is 2.60 bits per heavy atom. The zero-order chi connectivity index (χ0) is 14.9. The highest BCUT2D eigenvalue weighted by atomic mass is 32.2. The van der Waals surface area contributed by atoms with Crippen molar-refractivity contribution in [1.82, 2.24) is 4.31 Å². The molecule has 1 aliphatic rings. The summed E-state index contributed by atoms with van der Waals surface area (Å²) in [5.41, 5.74) is 0.560. The lowest BCUT2D eigenvalue weighted by atomic mass is 10.1. The van der Waals surface area contributed by atoms with Gasteiger partial charge in [0.25, 0.3) is 0 Å². The number of methoxy groups -OCH3 is 1. The summed E-state index contributed by atoms with van der Waals surface area (Å²) in [6.45, 7) is 4.30. The summed E-state index contributed by atoms with van der Waals surface area (Å²) in [6, 6.07) is 4.72. The van der Waals surface area contributed by atoms with Gasteiger partial charge in [-0.1, -0.05) is 13.0 Å². The van der Waals surface area contributed by atoms with Crippen molar-refractivity contribution in [2.45, 2.75) is 37.8 Å². The van der Waals surface area contributed by atoms with Crippen LogP contribution in [-0.4, -0.2) is 37.5 Å². The summed E-state index contributed by atoms with van der Waals surface area (Å²) >= 11 is 0. The number of nitrogens with zero attached hydrogens (tertiary/aromatic N) is 1. The minimum Gasteiger partial charge on any atom is -0.495 e. The van der Waals surface area contributed by atoms with Crippen molar-refractivity contribution in [3.05, 3.63) is 23.8 Å². The maximum absolute atomic E-state index is 12.8.